The minimum absolute atomic E-state index is 0.0645. The van der Waals surface area contributed by atoms with Gasteiger partial charge in [-0.2, -0.15) is 0 Å². The summed E-state index contributed by atoms with van der Waals surface area (Å²) in [5.41, 5.74) is 5.33. The number of carbonyl (C=O) groups excluding carboxylic acids is 5. The number of hydrogen-bond donors (Lipinski definition) is 3. The normalized spacial score (nSPS) is 16.7. The third-order valence-corrected chi connectivity index (χ3v) is 12.7. The molecular weight excluding hydrogens is 786 g/mol. The number of nitrogens with zero attached hydrogens (tertiary/aromatic N) is 4. The molecule has 2 aliphatic rings. The molecule has 6 rings (SSSR count). The lowest BCUT2D eigenvalue weighted by atomic mass is 9.92. The van der Waals surface area contributed by atoms with Gasteiger partial charge in [0, 0.05) is 46.1 Å². The maximum atomic E-state index is 13.3. The van der Waals surface area contributed by atoms with Crippen molar-refractivity contribution < 1.29 is 24.0 Å². The van der Waals surface area contributed by atoms with Crippen molar-refractivity contribution in [2.24, 2.45) is 4.99 Å². The molecule has 0 spiro atoms. The molecule has 1 aliphatic carbocycles. The molecule has 2 aromatic heterocycles. The second-order valence-electron chi connectivity index (χ2n) is 15.7. The number of aliphatic imine (C=N–C) groups is 1. The van der Waals surface area contributed by atoms with E-state index in [1.54, 1.807) is 36.5 Å². The largest absolute Gasteiger partial charge is 0.356 e. The molecule has 0 bridgehead atoms. The molecule has 3 atom stereocenters. The van der Waals surface area contributed by atoms with Crippen LogP contribution in [0.5, 0.6) is 0 Å². The van der Waals surface area contributed by atoms with Crippen molar-refractivity contribution in [3.63, 3.8) is 0 Å². The van der Waals surface area contributed by atoms with Crippen LogP contribution in [0.1, 0.15) is 141 Å². The van der Waals surface area contributed by atoms with E-state index in [4.69, 9.17) is 16.6 Å². The van der Waals surface area contributed by atoms with E-state index in [9.17, 15) is 24.0 Å². The van der Waals surface area contributed by atoms with Gasteiger partial charge in [-0.25, -0.2) is 0 Å². The Balaban J connectivity index is 0.866. The SMILES string of the molecule is Cc1sc2c(c1C)C(c1ccc(Cl)cc1)=N[C@@H](CC(=O)NCCCCCCCCCCC(=O)Nc1cccc([C@@H](C)C(=O)NC3CCC(=O)CC3=O)c1)c1nnc(C)n1-2. The number of carbonyl (C=O) groups is 5. The van der Waals surface area contributed by atoms with Crippen LogP contribution in [-0.2, 0) is 24.0 Å². The van der Waals surface area contributed by atoms with Gasteiger partial charge in [-0.1, -0.05) is 74.4 Å². The zero-order valence-electron chi connectivity index (χ0n) is 34.4. The van der Waals surface area contributed by atoms with E-state index in [0.29, 0.717) is 42.3 Å². The van der Waals surface area contributed by atoms with Gasteiger partial charge in [-0.15, -0.1) is 21.5 Å². The van der Waals surface area contributed by atoms with Crippen molar-refractivity contribution in [1.29, 1.82) is 0 Å². The number of Topliss-reactive ketones (excluding diaryl/α,β-unsaturated/α-hetero) is 2. The number of thiophene rings is 1. The number of ketones is 2. The van der Waals surface area contributed by atoms with Gasteiger partial charge in [0.15, 0.2) is 11.6 Å². The molecule has 1 fully saturated rings. The molecule has 0 saturated heterocycles. The fourth-order valence-corrected chi connectivity index (χ4v) is 9.00. The molecule has 59 heavy (non-hydrogen) atoms. The molecule has 3 amide bonds. The Morgan fingerprint density at radius 3 is 2.36 bits per heavy atom. The van der Waals surface area contributed by atoms with E-state index in [2.05, 4.69) is 44.6 Å². The number of halogens is 1. The predicted molar refractivity (Wildman–Crippen MR) is 232 cm³/mol. The summed E-state index contributed by atoms with van der Waals surface area (Å²) in [6.07, 6.45) is 9.12. The number of rotatable bonds is 18. The van der Waals surface area contributed by atoms with Crippen molar-refractivity contribution in [2.45, 2.75) is 129 Å². The first kappa shape index (κ1) is 43.6. The van der Waals surface area contributed by atoms with Crippen LogP contribution in [0.4, 0.5) is 5.69 Å². The fourth-order valence-electron chi connectivity index (χ4n) is 7.66. The van der Waals surface area contributed by atoms with Gasteiger partial charge >= 0.3 is 0 Å². The van der Waals surface area contributed by atoms with Crippen LogP contribution >= 0.6 is 22.9 Å². The molecule has 1 unspecified atom stereocenters. The number of aromatic nitrogens is 3. The summed E-state index contributed by atoms with van der Waals surface area (Å²) in [6.45, 7) is 8.51. The second-order valence-corrected chi connectivity index (χ2v) is 17.4. The smallest absolute Gasteiger partial charge is 0.227 e. The van der Waals surface area contributed by atoms with E-state index < -0.39 is 18.0 Å². The number of anilines is 1. The number of benzene rings is 2. The second kappa shape index (κ2) is 20.3. The first-order chi connectivity index (χ1) is 28.4. The molecule has 312 valence electrons. The lowest BCUT2D eigenvalue weighted by Gasteiger charge is -2.23. The van der Waals surface area contributed by atoms with E-state index >= 15 is 0 Å². The van der Waals surface area contributed by atoms with Crippen LogP contribution in [0.2, 0.25) is 5.02 Å². The summed E-state index contributed by atoms with van der Waals surface area (Å²) in [4.78, 5) is 68.8. The number of aryl methyl sites for hydroxylation is 2. The summed E-state index contributed by atoms with van der Waals surface area (Å²) >= 11 is 7.92. The Hall–Kier alpha value is -5.01. The fraction of sp³-hybridized carbons (Fsp3) is 0.467. The molecular formula is C45H54ClN7O5S. The summed E-state index contributed by atoms with van der Waals surface area (Å²) < 4.78 is 2.06. The molecule has 0 radical (unpaired) electrons. The molecule has 14 heteroatoms. The van der Waals surface area contributed by atoms with Gasteiger partial charge in [0.05, 0.1) is 30.5 Å². The Bertz CT molecular complexity index is 2210. The first-order valence-electron chi connectivity index (χ1n) is 20.8. The van der Waals surface area contributed by atoms with Crippen molar-refractivity contribution in [3.05, 3.63) is 92.3 Å². The minimum atomic E-state index is -0.624. The maximum absolute atomic E-state index is 13.3. The average Bonchev–Trinajstić information content (AvgIpc) is 3.69. The lowest BCUT2D eigenvalue weighted by molar-refractivity contribution is -0.134. The average molecular weight is 840 g/mol. The summed E-state index contributed by atoms with van der Waals surface area (Å²) in [7, 11) is 0. The molecule has 4 aromatic rings. The summed E-state index contributed by atoms with van der Waals surface area (Å²) in [5, 5.41) is 19.4. The highest BCUT2D eigenvalue weighted by molar-refractivity contribution is 7.15. The maximum Gasteiger partial charge on any atom is 0.227 e. The highest BCUT2D eigenvalue weighted by Crippen LogP contribution is 2.39. The van der Waals surface area contributed by atoms with Gasteiger partial charge in [0.1, 0.15) is 22.7 Å². The quantitative estimate of drug-likeness (QED) is 0.0669. The van der Waals surface area contributed by atoms with Gasteiger partial charge < -0.3 is 16.0 Å². The van der Waals surface area contributed by atoms with E-state index in [0.717, 1.165) is 90.2 Å². The van der Waals surface area contributed by atoms with Crippen LogP contribution < -0.4 is 16.0 Å². The van der Waals surface area contributed by atoms with Crippen molar-refractivity contribution >= 4 is 63.6 Å². The van der Waals surface area contributed by atoms with Crippen molar-refractivity contribution in [1.82, 2.24) is 25.4 Å². The van der Waals surface area contributed by atoms with Crippen LogP contribution in [0.15, 0.2) is 53.5 Å². The topological polar surface area (TPSA) is 165 Å². The van der Waals surface area contributed by atoms with Crippen LogP contribution in [0.25, 0.3) is 5.00 Å². The zero-order chi connectivity index (χ0) is 42.1. The highest BCUT2D eigenvalue weighted by Gasteiger charge is 2.33. The molecule has 2 aromatic carbocycles. The van der Waals surface area contributed by atoms with Gasteiger partial charge in [-0.05, 0) is 82.3 Å². The zero-order valence-corrected chi connectivity index (χ0v) is 35.9. The standard InChI is InChI=1S/C45H54ClN7O5S/c1-27-29(3)59-45-41(27)42(31-17-19-33(46)20-18-31)49-37(43-52-51-30(4)53(43)45)26-40(57)47-23-12-10-8-6-5-7-9-11-16-39(56)48-34-15-13-14-32(24-34)28(2)44(58)50-36-22-21-35(54)25-38(36)55/h13-15,17-20,24,28,36-37H,5-12,16,21-23,25-26H2,1-4H3,(H,47,57)(H,48,56)(H,50,58)/t28-,36?,37+/m1/s1. The lowest BCUT2D eigenvalue weighted by Crippen LogP contribution is -2.45. The van der Waals surface area contributed by atoms with Gasteiger partial charge in [-0.3, -0.25) is 33.5 Å². The van der Waals surface area contributed by atoms with E-state index in [1.165, 1.54) is 4.88 Å². The molecule has 1 saturated carbocycles. The Morgan fingerprint density at radius 2 is 1.63 bits per heavy atom. The van der Waals surface area contributed by atoms with Crippen LogP contribution in [0.3, 0.4) is 0 Å². The number of unbranched alkanes of at least 4 members (excludes halogenated alkanes) is 7. The monoisotopic (exact) mass is 839 g/mol. The molecule has 3 N–H and O–H groups in total. The number of hydrogen-bond acceptors (Lipinski definition) is 9. The van der Waals surface area contributed by atoms with E-state index in [-0.39, 0.29) is 42.1 Å². The first-order valence-corrected chi connectivity index (χ1v) is 22.0. The number of nitrogens with one attached hydrogen (secondary N) is 3. The summed E-state index contributed by atoms with van der Waals surface area (Å²) in [5.74, 6) is 0.176. The molecule has 3 heterocycles. The Labute approximate surface area is 355 Å². The Kier molecular flexibility index (Phi) is 15.0. The van der Waals surface area contributed by atoms with E-state index in [1.807, 2.05) is 37.3 Å². The predicted octanol–water partition coefficient (Wildman–Crippen LogP) is 8.37. The number of fused-ring (bicyclic) bond motifs is 3. The Morgan fingerprint density at radius 1 is 0.915 bits per heavy atom. The van der Waals surface area contributed by atoms with Crippen LogP contribution in [0, 0.1) is 20.8 Å². The third-order valence-electron chi connectivity index (χ3n) is 11.2. The number of amides is 3. The minimum Gasteiger partial charge on any atom is -0.356 e. The molecule has 12 nitrogen and oxygen atoms in total. The molecule has 1 aliphatic heterocycles. The van der Waals surface area contributed by atoms with Crippen molar-refractivity contribution in [2.75, 3.05) is 11.9 Å². The van der Waals surface area contributed by atoms with Crippen molar-refractivity contribution in [3.8, 4) is 5.00 Å². The van der Waals surface area contributed by atoms with Gasteiger partial charge in [0.25, 0.3) is 0 Å². The summed E-state index contributed by atoms with van der Waals surface area (Å²) in [6, 6.07) is 13.8. The third kappa shape index (κ3) is 11.2. The highest BCUT2D eigenvalue weighted by atomic mass is 35.5. The van der Waals surface area contributed by atoms with Crippen LogP contribution in [-0.4, -0.2) is 62.4 Å². The van der Waals surface area contributed by atoms with Gasteiger partial charge in [0.2, 0.25) is 17.7 Å².